The average Bonchev–Trinajstić information content (AvgIpc) is 3.36. The molecule has 3 rings (SSSR count). The number of methoxy groups -OCH3 is 2. The number of guanidine groups is 1. The van der Waals surface area contributed by atoms with E-state index in [1.54, 1.807) is 14.2 Å². The number of para-hydroxylation sites is 1. The molecule has 1 aliphatic carbocycles. The van der Waals surface area contributed by atoms with Gasteiger partial charge < -0.3 is 19.7 Å². The molecule has 1 aliphatic heterocycles. The maximum atomic E-state index is 5.69. The van der Waals surface area contributed by atoms with E-state index in [9.17, 15) is 0 Å². The van der Waals surface area contributed by atoms with Crippen LogP contribution in [0.15, 0.2) is 29.3 Å². The summed E-state index contributed by atoms with van der Waals surface area (Å²) in [5.41, 5.74) is 1.42. The summed E-state index contributed by atoms with van der Waals surface area (Å²) < 4.78 is 11.0. The third-order valence-electron chi connectivity index (χ3n) is 6.09. The number of nitrogens with zero attached hydrogens (tertiary/aromatic N) is 2. The van der Waals surface area contributed by atoms with E-state index in [-0.39, 0.29) is 5.41 Å². The quantitative estimate of drug-likeness (QED) is 0.587. The predicted molar refractivity (Wildman–Crippen MR) is 111 cm³/mol. The summed E-state index contributed by atoms with van der Waals surface area (Å²) in [6.07, 6.45) is 6.08. The van der Waals surface area contributed by atoms with Gasteiger partial charge in [-0.05, 0) is 32.3 Å². The number of benzene rings is 1. The van der Waals surface area contributed by atoms with E-state index >= 15 is 0 Å². The molecule has 1 N–H and O–H groups in total. The van der Waals surface area contributed by atoms with E-state index in [2.05, 4.69) is 41.4 Å². The minimum absolute atomic E-state index is 0.0962. The molecule has 0 bridgehead atoms. The van der Waals surface area contributed by atoms with Crippen molar-refractivity contribution in [3.63, 3.8) is 0 Å². The van der Waals surface area contributed by atoms with Crippen LogP contribution in [-0.2, 0) is 10.2 Å². The zero-order chi connectivity index (χ0) is 19.1. The van der Waals surface area contributed by atoms with Gasteiger partial charge in [0.05, 0.1) is 20.3 Å². The summed E-state index contributed by atoms with van der Waals surface area (Å²) in [6.45, 7) is 6.78. The number of aliphatic imine (C=N–C) groups is 1. The Labute approximate surface area is 164 Å². The normalized spacial score (nSPS) is 22.3. The second kappa shape index (κ2) is 9.45. The minimum atomic E-state index is 0.0962. The summed E-state index contributed by atoms with van der Waals surface area (Å²) >= 11 is 0. The number of rotatable bonds is 7. The van der Waals surface area contributed by atoms with Crippen LogP contribution in [0.4, 0.5) is 0 Å². The molecule has 5 heteroatoms. The van der Waals surface area contributed by atoms with Crippen molar-refractivity contribution in [2.75, 3.05) is 47.0 Å². The van der Waals surface area contributed by atoms with Gasteiger partial charge in [0, 0.05) is 43.6 Å². The van der Waals surface area contributed by atoms with Crippen molar-refractivity contribution >= 4 is 5.96 Å². The van der Waals surface area contributed by atoms with Crippen molar-refractivity contribution in [3.05, 3.63) is 29.8 Å². The summed E-state index contributed by atoms with van der Waals surface area (Å²) in [7, 11) is 3.56. The number of likely N-dealkylation sites (tertiary alicyclic amines) is 1. The van der Waals surface area contributed by atoms with Crippen LogP contribution in [0.3, 0.4) is 0 Å². The summed E-state index contributed by atoms with van der Waals surface area (Å²) in [5, 5.41) is 3.51. The molecule has 1 aromatic carbocycles. The van der Waals surface area contributed by atoms with E-state index < -0.39 is 0 Å². The maximum absolute atomic E-state index is 5.69. The molecule has 0 amide bonds. The molecule has 2 aliphatic rings. The molecule has 1 aromatic rings. The van der Waals surface area contributed by atoms with Crippen molar-refractivity contribution in [1.82, 2.24) is 10.2 Å². The monoisotopic (exact) mass is 373 g/mol. The van der Waals surface area contributed by atoms with Crippen LogP contribution >= 0.6 is 0 Å². The summed E-state index contributed by atoms with van der Waals surface area (Å²) in [4.78, 5) is 7.53. The van der Waals surface area contributed by atoms with Crippen molar-refractivity contribution in [2.45, 2.75) is 44.4 Å². The zero-order valence-electron chi connectivity index (χ0n) is 17.2. The summed E-state index contributed by atoms with van der Waals surface area (Å²) in [5.74, 6) is 2.66. The maximum Gasteiger partial charge on any atom is 0.193 e. The molecule has 1 saturated carbocycles. The van der Waals surface area contributed by atoms with Crippen molar-refractivity contribution in [2.24, 2.45) is 10.9 Å². The lowest BCUT2D eigenvalue weighted by Gasteiger charge is -2.31. The Hall–Kier alpha value is -1.75. The van der Waals surface area contributed by atoms with Gasteiger partial charge in [-0.3, -0.25) is 4.99 Å². The fourth-order valence-corrected chi connectivity index (χ4v) is 4.70. The third kappa shape index (κ3) is 4.57. The fraction of sp³-hybridized carbons (Fsp3) is 0.682. The van der Waals surface area contributed by atoms with Gasteiger partial charge in [0.15, 0.2) is 5.96 Å². The Kier molecular flexibility index (Phi) is 7.00. The second-order valence-corrected chi connectivity index (χ2v) is 7.91. The Morgan fingerprint density at radius 3 is 2.74 bits per heavy atom. The third-order valence-corrected chi connectivity index (χ3v) is 6.09. The van der Waals surface area contributed by atoms with Crippen LogP contribution in [0.25, 0.3) is 0 Å². The number of hydrogen-bond acceptors (Lipinski definition) is 3. The molecule has 1 saturated heterocycles. The van der Waals surface area contributed by atoms with Gasteiger partial charge in [0.2, 0.25) is 0 Å². The van der Waals surface area contributed by atoms with Gasteiger partial charge in [-0.2, -0.15) is 0 Å². The standard InChI is InChI=1S/C22H35N3O2/c1-4-23-21(25-14-11-18(15-25)16-26-2)24-17-22(12-7-8-13-22)19-9-5-6-10-20(19)27-3/h5-6,9-10,18H,4,7-8,11-17H2,1-3H3,(H,23,24). The highest BCUT2D eigenvalue weighted by Gasteiger charge is 2.38. The molecule has 0 spiro atoms. The SMILES string of the molecule is CCNC(=NCC1(c2ccccc2OC)CCCC1)N1CCC(COC)C1. The first kappa shape index (κ1) is 20.0. The van der Waals surface area contributed by atoms with Gasteiger partial charge in [-0.15, -0.1) is 0 Å². The second-order valence-electron chi connectivity index (χ2n) is 7.91. The molecule has 1 heterocycles. The number of nitrogens with one attached hydrogen (secondary N) is 1. The van der Waals surface area contributed by atoms with Crippen LogP contribution in [0.1, 0.15) is 44.6 Å². The number of hydrogen-bond donors (Lipinski definition) is 1. The fourth-order valence-electron chi connectivity index (χ4n) is 4.70. The number of ether oxygens (including phenoxy) is 2. The molecule has 150 valence electrons. The van der Waals surface area contributed by atoms with Crippen LogP contribution in [-0.4, -0.2) is 57.9 Å². The highest BCUT2D eigenvalue weighted by molar-refractivity contribution is 5.80. The van der Waals surface area contributed by atoms with E-state index in [0.29, 0.717) is 5.92 Å². The average molecular weight is 374 g/mol. The first-order valence-corrected chi connectivity index (χ1v) is 10.4. The molecule has 27 heavy (non-hydrogen) atoms. The lowest BCUT2D eigenvalue weighted by molar-refractivity contribution is 0.157. The zero-order valence-corrected chi connectivity index (χ0v) is 17.2. The van der Waals surface area contributed by atoms with Gasteiger partial charge in [-0.1, -0.05) is 31.0 Å². The smallest absolute Gasteiger partial charge is 0.193 e. The Balaban J connectivity index is 1.80. The van der Waals surface area contributed by atoms with Crippen molar-refractivity contribution in [1.29, 1.82) is 0 Å². The highest BCUT2D eigenvalue weighted by Crippen LogP contribution is 2.45. The lowest BCUT2D eigenvalue weighted by atomic mass is 9.78. The van der Waals surface area contributed by atoms with Gasteiger partial charge in [-0.25, -0.2) is 0 Å². The van der Waals surface area contributed by atoms with Crippen molar-refractivity contribution < 1.29 is 9.47 Å². The first-order valence-electron chi connectivity index (χ1n) is 10.4. The van der Waals surface area contributed by atoms with Crippen molar-refractivity contribution in [3.8, 4) is 5.75 Å². The lowest BCUT2D eigenvalue weighted by Crippen LogP contribution is -2.41. The first-order chi connectivity index (χ1) is 13.2. The Morgan fingerprint density at radius 2 is 2.04 bits per heavy atom. The molecular formula is C22H35N3O2. The van der Waals surface area contributed by atoms with E-state index in [0.717, 1.165) is 44.5 Å². The Morgan fingerprint density at radius 1 is 1.26 bits per heavy atom. The van der Waals surface area contributed by atoms with Crippen LogP contribution in [0, 0.1) is 5.92 Å². The molecule has 0 aromatic heterocycles. The van der Waals surface area contributed by atoms with Gasteiger partial charge in [0.25, 0.3) is 0 Å². The predicted octanol–water partition coefficient (Wildman–Crippen LogP) is 3.44. The van der Waals surface area contributed by atoms with E-state index in [4.69, 9.17) is 14.5 Å². The minimum Gasteiger partial charge on any atom is -0.496 e. The Bertz CT molecular complexity index is 626. The topological polar surface area (TPSA) is 46.1 Å². The van der Waals surface area contributed by atoms with Crippen LogP contribution in [0.2, 0.25) is 0 Å². The molecule has 5 nitrogen and oxygen atoms in total. The van der Waals surface area contributed by atoms with E-state index in [1.165, 1.54) is 37.7 Å². The molecule has 1 atom stereocenters. The summed E-state index contributed by atoms with van der Waals surface area (Å²) in [6, 6.07) is 8.50. The van der Waals surface area contributed by atoms with E-state index in [1.807, 2.05) is 0 Å². The van der Waals surface area contributed by atoms with Gasteiger partial charge in [0.1, 0.15) is 5.75 Å². The molecular weight excluding hydrogens is 338 g/mol. The largest absolute Gasteiger partial charge is 0.496 e. The van der Waals surface area contributed by atoms with Crippen LogP contribution in [0.5, 0.6) is 5.75 Å². The van der Waals surface area contributed by atoms with Crippen LogP contribution < -0.4 is 10.1 Å². The molecule has 1 unspecified atom stereocenters. The van der Waals surface area contributed by atoms with Gasteiger partial charge >= 0.3 is 0 Å². The highest BCUT2D eigenvalue weighted by atomic mass is 16.5. The molecule has 2 fully saturated rings. The molecule has 0 radical (unpaired) electrons.